The standard InChI is InChI=1S/C26H22O7/c27-24(18-10-4-1-5-11-18)31-21-16-30-17-22(32-25(28)19-12-6-2-7-13-19)23(21)33-26(29)20-14-8-3-9-15-20/h1-15,21-23H,16-17H2/t21-,22?,23?/m0/s1. The van der Waals surface area contributed by atoms with E-state index in [1.54, 1.807) is 91.0 Å². The molecule has 3 atom stereocenters. The first kappa shape index (κ1) is 22.2. The van der Waals surface area contributed by atoms with E-state index in [4.69, 9.17) is 18.9 Å². The average molecular weight is 446 g/mol. The van der Waals surface area contributed by atoms with Crippen LogP contribution in [0.1, 0.15) is 31.1 Å². The number of rotatable bonds is 6. The van der Waals surface area contributed by atoms with Gasteiger partial charge in [-0.1, -0.05) is 54.6 Å². The van der Waals surface area contributed by atoms with Crippen molar-refractivity contribution in [3.8, 4) is 0 Å². The predicted molar refractivity (Wildman–Crippen MR) is 118 cm³/mol. The number of ether oxygens (including phenoxy) is 4. The van der Waals surface area contributed by atoms with E-state index < -0.39 is 36.2 Å². The first-order chi connectivity index (χ1) is 16.1. The molecule has 0 radical (unpaired) electrons. The molecule has 1 saturated heterocycles. The molecule has 1 aliphatic rings. The lowest BCUT2D eigenvalue weighted by Crippen LogP contribution is -2.53. The Morgan fingerprint density at radius 1 is 0.545 bits per heavy atom. The van der Waals surface area contributed by atoms with Gasteiger partial charge in [0.25, 0.3) is 0 Å². The molecule has 0 N–H and O–H groups in total. The molecule has 1 aliphatic heterocycles. The van der Waals surface area contributed by atoms with Crippen molar-refractivity contribution < 1.29 is 33.3 Å². The maximum atomic E-state index is 12.8. The number of carbonyl (C=O) groups excluding carboxylic acids is 3. The van der Waals surface area contributed by atoms with Crippen molar-refractivity contribution in [1.29, 1.82) is 0 Å². The van der Waals surface area contributed by atoms with Gasteiger partial charge in [0.15, 0.2) is 18.3 Å². The molecule has 0 amide bonds. The van der Waals surface area contributed by atoms with Crippen LogP contribution in [-0.4, -0.2) is 49.4 Å². The summed E-state index contributed by atoms with van der Waals surface area (Å²) in [7, 11) is 0. The molecule has 1 fully saturated rings. The van der Waals surface area contributed by atoms with E-state index in [0.29, 0.717) is 16.7 Å². The van der Waals surface area contributed by atoms with Gasteiger partial charge in [-0.3, -0.25) is 0 Å². The lowest BCUT2D eigenvalue weighted by Gasteiger charge is -2.36. The van der Waals surface area contributed by atoms with Crippen molar-refractivity contribution in [1.82, 2.24) is 0 Å². The van der Waals surface area contributed by atoms with Gasteiger partial charge in [0.1, 0.15) is 0 Å². The van der Waals surface area contributed by atoms with Crippen LogP contribution < -0.4 is 0 Å². The minimum absolute atomic E-state index is 0.00923. The quantitative estimate of drug-likeness (QED) is 0.421. The van der Waals surface area contributed by atoms with Gasteiger partial charge in [0.05, 0.1) is 29.9 Å². The van der Waals surface area contributed by atoms with Gasteiger partial charge >= 0.3 is 17.9 Å². The minimum atomic E-state index is -1.05. The summed E-state index contributed by atoms with van der Waals surface area (Å²) in [6, 6.07) is 25.3. The van der Waals surface area contributed by atoms with Crippen molar-refractivity contribution in [3.63, 3.8) is 0 Å². The molecule has 0 aromatic heterocycles. The fraction of sp³-hybridized carbons (Fsp3) is 0.192. The monoisotopic (exact) mass is 446 g/mol. The number of hydrogen-bond acceptors (Lipinski definition) is 7. The van der Waals surface area contributed by atoms with Gasteiger partial charge in [0.2, 0.25) is 0 Å². The Balaban J connectivity index is 1.55. The number of benzene rings is 3. The zero-order chi connectivity index (χ0) is 23.0. The van der Waals surface area contributed by atoms with Crippen LogP contribution in [0.25, 0.3) is 0 Å². The molecule has 1 heterocycles. The maximum absolute atomic E-state index is 12.8. The Kier molecular flexibility index (Phi) is 7.12. The normalized spacial score (nSPS) is 19.8. The highest BCUT2D eigenvalue weighted by molar-refractivity contribution is 5.91. The highest BCUT2D eigenvalue weighted by Gasteiger charge is 2.42. The van der Waals surface area contributed by atoms with Crippen molar-refractivity contribution in [2.24, 2.45) is 0 Å². The zero-order valence-corrected chi connectivity index (χ0v) is 17.7. The summed E-state index contributed by atoms with van der Waals surface area (Å²) < 4.78 is 22.5. The molecule has 0 bridgehead atoms. The highest BCUT2D eigenvalue weighted by atomic mass is 16.6. The van der Waals surface area contributed by atoms with E-state index in [0.717, 1.165) is 0 Å². The van der Waals surface area contributed by atoms with Gasteiger partial charge < -0.3 is 18.9 Å². The van der Waals surface area contributed by atoms with Gasteiger partial charge in [0, 0.05) is 0 Å². The topological polar surface area (TPSA) is 88.1 Å². The summed E-state index contributed by atoms with van der Waals surface area (Å²) in [6.07, 6.45) is -2.98. The third-order valence-electron chi connectivity index (χ3n) is 5.09. The summed E-state index contributed by atoms with van der Waals surface area (Å²) >= 11 is 0. The second-order valence-corrected chi connectivity index (χ2v) is 7.39. The average Bonchev–Trinajstić information content (AvgIpc) is 2.87. The van der Waals surface area contributed by atoms with Crippen molar-refractivity contribution >= 4 is 17.9 Å². The number of carbonyl (C=O) groups is 3. The van der Waals surface area contributed by atoms with Crippen LogP contribution in [0.2, 0.25) is 0 Å². The highest BCUT2D eigenvalue weighted by Crippen LogP contribution is 2.22. The van der Waals surface area contributed by atoms with Crippen LogP contribution in [0.4, 0.5) is 0 Å². The Labute approximate surface area is 190 Å². The summed E-state index contributed by atoms with van der Waals surface area (Å²) in [6.45, 7) is -0.0185. The molecule has 2 unspecified atom stereocenters. The Morgan fingerprint density at radius 2 is 0.879 bits per heavy atom. The Bertz CT molecular complexity index is 1020. The third kappa shape index (κ3) is 5.64. The van der Waals surface area contributed by atoms with Crippen LogP contribution in [0.15, 0.2) is 91.0 Å². The van der Waals surface area contributed by atoms with Gasteiger partial charge in [-0.25, -0.2) is 14.4 Å². The summed E-state index contributed by atoms with van der Waals surface area (Å²) in [5, 5.41) is 0. The van der Waals surface area contributed by atoms with Gasteiger partial charge in [-0.2, -0.15) is 0 Å². The smallest absolute Gasteiger partial charge is 0.338 e. The SMILES string of the molecule is O=C(OC1COC[C@H](OC(=O)c2ccccc2)C1OC(=O)c1ccccc1)c1ccccc1. The van der Waals surface area contributed by atoms with E-state index in [9.17, 15) is 14.4 Å². The van der Waals surface area contributed by atoms with Crippen LogP contribution >= 0.6 is 0 Å². The van der Waals surface area contributed by atoms with Gasteiger partial charge in [-0.05, 0) is 36.4 Å². The molecular formula is C26H22O7. The first-order valence-electron chi connectivity index (χ1n) is 10.5. The fourth-order valence-electron chi connectivity index (χ4n) is 3.41. The van der Waals surface area contributed by atoms with Crippen molar-refractivity contribution in [2.75, 3.05) is 13.2 Å². The second kappa shape index (κ2) is 10.6. The summed E-state index contributed by atoms with van der Waals surface area (Å²) in [5.41, 5.74) is 1.01. The van der Waals surface area contributed by atoms with Crippen molar-refractivity contribution in [3.05, 3.63) is 108 Å². The minimum Gasteiger partial charge on any atom is -0.452 e. The Hall–Kier alpha value is -3.97. The second-order valence-electron chi connectivity index (χ2n) is 7.39. The van der Waals surface area contributed by atoms with Gasteiger partial charge in [-0.15, -0.1) is 0 Å². The van der Waals surface area contributed by atoms with E-state index in [2.05, 4.69) is 0 Å². The predicted octanol–water partition coefficient (Wildman–Crippen LogP) is 3.69. The van der Waals surface area contributed by atoms with E-state index in [-0.39, 0.29) is 13.2 Å². The summed E-state index contributed by atoms with van der Waals surface area (Å²) in [5.74, 6) is -1.82. The first-order valence-corrected chi connectivity index (χ1v) is 10.5. The van der Waals surface area contributed by atoms with E-state index >= 15 is 0 Å². The molecule has 0 saturated carbocycles. The molecule has 3 aromatic carbocycles. The number of hydrogen-bond donors (Lipinski definition) is 0. The molecule has 7 nitrogen and oxygen atoms in total. The molecule has 0 aliphatic carbocycles. The molecule has 7 heteroatoms. The zero-order valence-electron chi connectivity index (χ0n) is 17.7. The van der Waals surface area contributed by atoms with Crippen LogP contribution in [0, 0.1) is 0 Å². The van der Waals surface area contributed by atoms with E-state index in [1.165, 1.54) is 0 Å². The third-order valence-corrected chi connectivity index (χ3v) is 5.09. The lowest BCUT2D eigenvalue weighted by atomic mass is 10.1. The summed E-state index contributed by atoms with van der Waals surface area (Å²) in [4.78, 5) is 38.0. The fourth-order valence-corrected chi connectivity index (χ4v) is 3.41. The molecule has 4 rings (SSSR count). The maximum Gasteiger partial charge on any atom is 0.338 e. The van der Waals surface area contributed by atoms with Crippen molar-refractivity contribution in [2.45, 2.75) is 18.3 Å². The molecule has 168 valence electrons. The van der Waals surface area contributed by atoms with Crippen LogP contribution in [-0.2, 0) is 18.9 Å². The van der Waals surface area contributed by atoms with Crippen LogP contribution in [0.3, 0.4) is 0 Å². The molecule has 0 spiro atoms. The van der Waals surface area contributed by atoms with E-state index in [1.807, 2.05) is 0 Å². The largest absolute Gasteiger partial charge is 0.452 e. The molecule has 3 aromatic rings. The lowest BCUT2D eigenvalue weighted by molar-refractivity contribution is -0.157. The molecule has 33 heavy (non-hydrogen) atoms. The van der Waals surface area contributed by atoms with Crippen LogP contribution in [0.5, 0.6) is 0 Å². The molecular weight excluding hydrogens is 424 g/mol. The number of esters is 3. The Morgan fingerprint density at radius 3 is 1.24 bits per heavy atom.